The second-order valence-corrected chi connectivity index (χ2v) is 10.3. The predicted molar refractivity (Wildman–Crippen MR) is 140 cm³/mol. The lowest BCUT2D eigenvalue weighted by Gasteiger charge is -2.39. The Morgan fingerprint density at radius 3 is 2.49 bits per heavy atom. The first-order valence-corrected chi connectivity index (χ1v) is 12.6. The van der Waals surface area contributed by atoms with Crippen molar-refractivity contribution in [2.75, 3.05) is 31.1 Å². The van der Waals surface area contributed by atoms with Crippen LogP contribution in [0, 0.1) is 6.92 Å². The number of likely N-dealkylation sites (tertiary alicyclic amines) is 1. The van der Waals surface area contributed by atoms with Crippen LogP contribution in [0.1, 0.15) is 45.5 Å². The van der Waals surface area contributed by atoms with E-state index in [1.807, 2.05) is 29.2 Å². The summed E-state index contributed by atoms with van der Waals surface area (Å²) in [5, 5.41) is 0.293. The van der Waals surface area contributed by atoms with Crippen LogP contribution in [-0.4, -0.2) is 42.0 Å². The molecule has 8 heteroatoms. The highest BCUT2D eigenvalue weighted by atomic mass is 35.5. The van der Waals surface area contributed by atoms with Crippen molar-refractivity contribution in [1.29, 1.82) is 0 Å². The van der Waals surface area contributed by atoms with Crippen LogP contribution >= 0.6 is 11.6 Å². The number of alkyl halides is 3. The molecule has 5 rings (SSSR count). The first-order chi connectivity index (χ1) is 17.6. The van der Waals surface area contributed by atoms with E-state index in [-0.39, 0.29) is 11.3 Å². The van der Waals surface area contributed by atoms with Crippen LogP contribution in [0.15, 0.2) is 66.9 Å². The minimum Gasteiger partial charge on any atom is -0.307 e. The Hall–Kier alpha value is -3.16. The number of amides is 1. The van der Waals surface area contributed by atoms with E-state index in [0.717, 1.165) is 55.9 Å². The fraction of sp³-hybridized carbons (Fsp3) is 0.310. The van der Waals surface area contributed by atoms with Crippen molar-refractivity contribution in [2.45, 2.75) is 31.4 Å². The largest absolute Gasteiger partial charge is 0.416 e. The highest BCUT2D eigenvalue weighted by Gasteiger charge is 2.46. The van der Waals surface area contributed by atoms with Crippen molar-refractivity contribution in [3.8, 4) is 0 Å². The monoisotopic (exact) mass is 525 g/mol. The van der Waals surface area contributed by atoms with Crippen molar-refractivity contribution in [3.05, 3.63) is 99.8 Å². The summed E-state index contributed by atoms with van der Waals surface area (Å²) in [5.41, 5.74) is 3.86. The summed E-state index contributed by atoms with van der Waals surface area (Å²) in [6.07, 6.45) is 2.91. The van der Waals surface area contributed by atoms with Crippen molar-refractivity contribution in [1.82, 2.24) is 9.88 Å². The summed E-state index contributed by atoms with van der Waals surface area (Å²) in [6.45, 7) is 5.15. The summed E-state index contributed by atoms with van der Waals surface area (Å²) >= 11 is 6.04. The van der Waals surface area contributed by atoms with Gasteiger partial charge in [0.1, 0.15) is 5.15 Å². The van der Waals surface area contributed by atoms with Crippen LogP contribution in [0.4, 0.5) is 18.9 Å². The van der Waals surface area contributed by atoms with E-state index in [2.05, 4.69) is 22.9 Å². The summed E-state index contributed by atoms with van der Waals surface area (Å²) in [6, 6.07) is 14.8. The molecule has 2 aliphatic heterocycles. The van der Waals surface area contributed by atoms with Crippen LogP contribution in [0.3, 0.4) is 0 Å². The molecule has 0 aliphatic carbocycles. The molecule has 0 atom stereocenters. The number of carbonyl (C=O) groups is 1. The summed E-state index contributed by atoms with van der Waals surface area (Å²) in [5.74, 6) is -0.0758. The molecule has 3 heterocycles. The molecule has 0 N–H and O–H groups in total. The number of rotatable bonds is 4. The van der Waals surface area contributed by atoms with Crippen LogP contribution in [0.2, 0.25) is 5.15 Å². The minimum atomic E-state index is -4.32. The van der Waals surface area contributed by atoms with Gasteiger partial charge in [-0.3, -0.25) is 9.69 Å². The minimum absolute atomic E-state index is 0.0758. The van der Waals surface area contributed by atoms with Gasteiger partial charge in [-0.25, -0.2) is 4.98 Å². The smallest absolute Gasteiger partial charge is 0.307 e. The summed E-state index contributed by atoms with van der Waals surface area (Å²) in [7, 11) is 0. The zero-order valence-electron chi connectivity index (χ0n) is 20.4. The van der Waals surface area contributed by atoms with Crippen molar-refractivity contribution in [2.24, 2.45) is 0 Å². The molecule has 192 valence electrons. The lowest BCUT2D eigenvalue weighted by Crippen LogP contribution is -2.46. The standard InChI is InChI=1S/C29H27ClF3N3O/c1-20-4-9-25-24(17-20)28(19-36(25)27(37)22-10-13-34-26(30)18-22)11-15-35(16-12-28)14-2-3-21-5-7-23(8-6-21)29(31,32)33/h2-10,13,17-18H,11-12,14-16,19H2,1H3/b3-2+. The van der Waals surface area contributed by atoms with E-state index in [1.54, 1.807) is 18.3 Å². The highest BCUT2D eigenvalue weighted by molar-refractivity contribution is 6.29. The number of aromatic nitrogens is 1. The van der Waals surface area contributed by atoms with Crippen LogP contribution in [0.5, 0.6) is 0 Å². The third-order valence-electron chi connectivity index (χ3n) is 7.42. The number of benzene rings is 2. The molecule has 37 heavy (non-hydrogen) atoms. The van der Waals surface area contributed by atoms with Gasteiger partial charge < -0.3 is 4.90 Å². The fourth-order valence-electron chi connectivity index (χ4n) is 5.37. The molecule has 0 radical (unpaired) electrons. The number of carbonyl (C=O) groups excluding carboxylic acids is 1. The first kappa shape index (κ1) is 25.5. The quantitative estimate of drug-likeness (QED) is 0.353. The predicted octanol–water partition coefficient (Wildman–Crippen LogP) is 6.77. The summed E-state index contributed by atoms with van der Waals surface area (Å²) in [4.78, 5) is 21.7. The Balaban J connectivity index is 1.27. The molecule has 0 unspecified atom stereocenters. The van der Waals surface area contributed by atoms with E-state index in [0.29, 0.717) is 17.3 Å². The molecule has 1 fully saturated rings. The number of hydrogen-bond donors (Lipinski definition) is 0. The van der Waals surface area contributed by atoms with Gasteiger partial charge in [-0.1, -0.05) is 53.6 Å². The lowest BCUT2D eigenvalue weighted by molar-refractivity contribution is -0.137. The molecule has 2 aromatic carbocycles. The lowest BCUT2D eigenvalue weighted by atomic mass is 9.74. The van der Waals surface area contributed by atoms with Crippen LogP contribution in [0.25, 0.3) is 6.08 Å². The number of anilines is 1. The van der Waals surface area contributed by atoms with Gasteiger partial charge in [-0.05, 0) is 74.3 Å². The Morgan fingerprint density at radius 2 is 1.81 bits per heavy atom. The molecular weight excluding hydrogens is 499 g/mol. The van der Waals surface area contributed by atoms with Crippen molar-refractivity contribution in [3.63, 3.8) is 0 Å². The highest BCUT2D eigenvalue weighted by Crippen LogP contribution is 2.48. The second-order valence-electron chi connectivity index (χ2n) is 9.88. The zero-order valence-corrected chi connectivity index (χ0v) is 21.2. The number of hydrogen-bond acceptors (Lipinski definition) is 3. The van der Waals surface area contributed by atoms with E-state index >= 15 is 0 Å². The van der Waals surface area contributed by atoms with Gasteiger partial charge in [-0.15, -0.1) is 0 Å². The molecule has 1 saturated heterocycles. The Morgan fingerprint density at radius 1 is 1.08 bits per heavy atom. The van der Waals surface area contributed by atoms with Crippen LogP contribution < -0.4 is 4.90 Å². The molecular formula is C29H27ClF3N3O. The number of piperidine rings is 1. The number of fused-ring (bicyclic) bond motifs is 2. The maximum absolute atomic E-state index is 13.4. The van der Waals surface area contributed by atoms with Crippen molar-refractivity contribution >= 4 is 29.3 Å². The van der Waals surface area contributed by atoms with Crippen molar-refractivity contribution < 1.29 is 18.0 Å². The van der Waals surface area contributed by atoms with E-state index in [9.17, 15) is 18.0 Å². The molecule has 1 aromatic heterocycles. The number of nitrogens with zero attached hydrogens (tertiary/aromatic N) is 3. The zero-order chi connectivity index (χ0) is 26.2. The molecule has 0 bridgehead atoms. The molecule has 3 aromatic rings. The molecule has 0 saturated carbocycles. The molecule has 2 aliphatic rings. The number of aryl methyl sites for hydroxylation is 1. The van der Waals surface area contributed by atoms with Gasteiger partial charge in [0.15, 0.2) is 0 Å². The number of pyridine rings is 1. The first-order valence-electron chi connectivity index (χ1n) is 12.3. The maximum atomic E-state index is 13.4. The van der Waals surface area contributed by atoms with E-state index in [1.165, 1.54) is 23.3 Å². The van der Waals surface area contributed by atoms with Gasteiger partial charge in [0, 0.05) is 36.0 Å². The van der Waals surface area contributed by atoms with E-state index in [4.69, 9.17) is 11.6 Å². The topological polar surface area (TPSA) is 36.4 Å². The fourth-order valence-corrected chi connectivity index (χ4v) is 5.54. The molecule has 1 spiro atoms. The Kier molecular flexibility index (Phi) is 6.86. The normalized spacial score (nSPS) is 17.5. The average molecular weight is 526 g/mol. The average Bonchev–Trinajstić information content (AvgIpc) is 3.17. The third kappa shape index (κ3) is 5.29. The Labute approximate surface area is 219 Å². The van der Waals surface area contributed by atoms with Gasteiger partial charge >= 0.3 is 6.18 Å². The third-order valence-corrected chi connectivity index (χ3v) is 7.63. The van der Waals surface area contributed by atoms with Gasteiger partial charge in [0.05, 0.1) is 5.56 Å². The summed E-state index contributed by atoms with van der Waals surface area (Å²) < 4.78 is 38.3. The number of halogens is 4. The maximum Gasteiger partial charge on any atom is 0.416 e. The molecule has 4 nitrogen and oxygen atoms in total. The van der Waals surface area contributed by atoms with E-state index < -0.39 is 11.7 Å². The molecule has 1 amide bonds. The van der Waals surface area contributed by atoms with Gasteiger partial charge in [-0.2, -0.15) is 13.2 Å². The van der Waals surface area contributed by atoms with Crippen LogP contribution in [-0.2, 0) is 11.6 Å². The Bertz CT molecular complexity index is 1330. The second kappa shape index (κ2) is 9.95. The van der Waals surface area contributed by atoms with Gasteiger partial charge in [0.25, 0.3) is 5.91 Å². The SMILES string of the molecule is Cc1ccc2c(c1)C1(CCN(C/C=C/c3ccc(C(F)(F)F)cc3)CC1)CN2C(=O)c1ccnc(Cl)c1. The van der Waals surface area contributed by atoms with Gasteiger partial charge in [0.2, 0.25) is 0 Å².